The molecule has 0 unspecified atom stereocenters. The zero-order valence-corrected chi connectivity index (χ0v) is 14.5. The van der Waals surface area contributed by atoms with Crippen LogP contribution in [0.15, 0.2) is 0 Å². The second-order valence-corrected chi connectivity index (χ2v) is 8.07. The molecule has 3 rings (SSSR count). The van der Waals surface area contributed by atoms with E-state index in [0.29, 0.717) is 0 Å². The highest BCUT2D eigenvalue weighted by molar-refractivity contribution is 7.11. The Bertz CT molecular complexity index is 442. The van der Waals surface area contributed by atoms with Crippen molar-refractivity contribution in [2.24, 2.45) is 5.92 Å². The zero-order chi connectivity index (χ0) is 14.7. The smallest absolute Gasteiger partial charge is 0.0962 e. The number of nitrogens with one attached hydrogen (secondary N) is 1. The summed E-state index contributed by atoms with van der Waals surface area (Å²) < 4.78 is 0. The molecule has 2 nitrogen and oxygen atoms in total. The number of thiazole rings is 1. The molecule has 0 aromatic carbocycles. The van der Waals surface area contributed by atoms with E-state index in [9.17, 15) is 0 Å². The van der Waals surface area contributed by atoms with Gasteiger partial charge in [-0.25, -0.2) is 4.98 Å². The lowest BCUT2D eigenvalue weighted by Gasteiger charge is -2.26. The normalized spacial score (nSPS) is 26.2. The van der Waals surface area contributed by atoms with E-state index in [1.54, 1.807) is 0 Å². The van der Waals surface area contributed by atoms with E-state index in [1.165, 1.54) is 66.9 Å². The van der Waals surface area contributed by atoms with Gasteiger partial charge < -0.3 is 5.32 Å². The van der Waals surface area contributed by atoms with Crippen LogP contribution < -0.4 is 5.32 Å². The zero-order valence-electron chi connectivity index (χ0n) is 13.7. The minimum Gasteiger partial charge on any atom is -0.309 e. The summed E-state index contributed by atoms with van der Waals surface area (Å²) in [6, 6.07) is 0.796. The molecule has 0 atom stereocenters. The van der Waals surface area contributed by atoms with Crippen molar-refractivity contribution in [3.05, 3.63) is 15.6 Å². The van der Waals surface area contributed by atoms with Crippen LogP contribution in [0.2, 0.25) is 0 Å². The van der Waals surface area contributed by atoms with Gasteiger partial charge in [-0.05, 0) is 50.9 Å². The van der Waals surface area contributed by atoms with Crippen LogP contribution >= 0.6 is 11.3 Å². The predicted molar refractivity (Wildman–Crippen MR) is 91.0 cm³/mol. The van der Waals surface area contributed by atoms with Gasteiger partial charge >= 0.3 is 0 Å². The molecule has 1 aromatic heterocycles. The third kappa shape index (κ3) is 4.07. The predicted octanol–water partition coefficient (Wildman–Crippen LogP) is 5.03. The van der Waals surface area contributed by atoms with Gasteiger partial charge in [0.05, 0.1) is 10.7 Å². The van der Waals surface area contributed by atoms with Crippen molar-refractivity contribution in [2.75, 3.05) is 0 Å². The number of nitrogens with zero attached hydrogens (tertiary/aromatic N) is 1. The Balaban J connectivity index is 1.65. The molecule has 2 aliphatic rings. The SMILES string of the molecule is CCCc1nc(C2CCC(CC)CC2)sc1CNC1CC1. The quantitative estimate of drug-likeness (QED) is 0.764. The third-order valence-electron chi connectivity index (χ3n) is 5.18. The first-order valence-electron chi connectivity index (χ1n) is 9.02. The minimum absolute atomic E-state index is 0.753. The topological polar surface area (TPSA) is 24.9 Å². The van der Waals surface area contributed by atoms with Crippen LogP contribution in [0.4, 0.5) is 0 Å². The van der Waals surface area contributed by atoms with Crippen LogP contribution in [0.1, 0.15) is 86.7 Å². The maximum Gasteiger partial charge on any atom is 0.0962 e. The molecule has 118 valence electrons. The van der Waals surface area contributed by atoms with E-state index in [2.05, 4.69) is 19.2 Å². The maximum atomic E-state index is 5.05. The highest BCUT2D eigenvalue weighted by Crippen LogP contribution is 2.39. The number of hydrogen-bond acceptors (Lipinski definition) is 3. The molecule has 21 heavy (non-hydrogen) atoms. The first kappa shape index (κ1) is 15.5. The second kappa shape index (κ2) is 7.23. The van der Waals surface area contributed by atoms with Crippen molar-refractivity contribution >= 4 is 11.3 Å². The van der Waals surface area contributed by atoms with Gasteiger partial charge in [-0.15, -0.1) is 11.3 Å². The number of rotatable bonds is 7. The lowest BCUT2D eigenvalue weighted by Crippen LogP contribution is -2.15. The monoisotopic (exact) mass is 306 g/mol. The van der Waals surface area contributed by atoms with Crippen molar-refractivity contribution < 1.29 is 0 Å². The van der Waals surface area contributed by atoms with Gasteiger partial charge in [-0.3, -0.25) is 0 Å². The average Bonchev–Trinajstić information content (AvgIpc) is 3.27. The molecular weight excluding hydrogens is 276 g/mol. The summed E-state index contributed by atoms with van der Waals surface area (Å²) in [6.45, 7) is 5.67. The number of aromatic nitrogens is 1. The van der Waals surface area contributed by atoms with Crippen LogP contribution in [0, 0.1) is 5.92 Å². The highest BCUT2D eigenvalue weighted by atomic mass is 32.1. The molecule has 3 heteroatoms. The lowest BCUT2D eigenvalue weighted by atomic mass is 9.81. The van der Waals surface area contributed by atoms with E-state index in [1.807, 2.05) is 11.3 Å². The molecule has 2 fully saturated rings. The molecule has 0 aliphatic heterocycles. The van der Waals surface area contributed by atoms with E-state index in [-0.39, 0.29) is 0 Å². The van der Waals surface area contributed by atoms with Gasteiger partial charge in [0, 0.05) is 23.4 Å². The fourth-order valence-electron chi connectivity index (χ4n) is 3.49. The number of aryl methyl sites for hydroxylation is 1. The van der Waals surface area contributed by atoms with Crippen molar-refractivity contribution in [3.63, 3.8) is 0 Å². The molecule has 1 aromatic rings. The minimum atomic E-state index is 0.753. The Labute approximate surface area is 133 Å². The van der Waals surface area contributed by atoms with E-state index in [0.717, 1.165) is 30.8 Å². The summed E-state index contributed by atoms with van der Waals surface area (Å²) >= 11 is 2.01. The Morgan fingerprint density at radius 3 is 2.48 bits per heavy atom. The van der Waals surface area contributed by atoms with E-state index in [4.69, 9.17) is 4.98 Å². The first-order chi connectivity index (χ1) is 10.3. The lowest BCUT2D eigenvalue weighted by molar-refractivity contribution is 0.318. The Hall–Kier alpha value is -0.410. The molecule has 0 saturated heterocycles. The van der Waals surface area contributed by atoms with Crippen molar-refractivity contribution in [2.45, 2.75) is 90.1 Å². The fraction of sp³-hybridized carbons (Fsp3) is 0.833. The largest absolute Gasteiger partial charge is 0.309 e. The van der Waals surface area contributed by atoms with Gasteiger partial charge in [0.25, 0.3) is 0 Å². The summed E-state index contributed by atoms with van der Waals surface area (Å²) in [7, 11) is 0. The number of hydrogen-bond donors (Lipinski definition) is 1. The summed E-state index contributed by atoms with van der Waals surface area (Å²) in [4.78, 5) is 6.58. The first-order valence-corrected chi connectivity index (χ1v) is 9.83. The van der Waals surface area contributed by atoms with Gasteiger partial charge in [0.2, 0.25) is 0 Å². The van der Waals surface area contributed by atoms with Crippen LogP contribution in [-0.4, -0.2) is 11.0 Å². The molecule has 2 aliphatic carbocycles. The van der Waals surface area contributed by atoms with Crippen LogP contribution in [0.3, 0.4) is 0 Å². The standard InChI is InChI=1S/C18H30N2S/c1-3-5-16-17(12-19-15-10-11-15)21-18(20-16)14-8-6-13(4-2)7-9-14/h13-15,19H,3-12H2,1-2H3. The summed E-state index contributed by atoms with van der Waals surface area (Å²) in [5.74, 6) is 1.73. The van der Waals surface area contributed by atoms with Gasteiger partial charge in [-0.2, -0.15) is 0 Å². The molecule has 0 bridgehead atoms. The molecule has 0 spiro atoms. The van der Waals surface area contributed by atoms with Crippen LogP contribution in [-0.2, 0) is 13.0 Å². The summed E-state index contributed by atoms with van der Waals surface area (Å²) in [5.41, 5.74) is 1.39. The van der Waals surface area contributed by atoms with E-state index >= 15 is 0 Å². The molecule has 0 radical (unpaired) electrons. The van der Waals surface area contributed by atoms with Crippen molar-refractivity contribution in [1.29, 1.82) is 0 Å². The third-order valence-corrected chi connectivity index (χ3v) is 6.44. The molecule has 1 heterocycles. The maximum absolute atomic E-state index is 5.05. The van der Waals surface area contributed by atoms with E-state index < -0.39 is 0 Å². The van der Waals surface area contributed by atoms with Gasteiger partial charge in [0.1, 0.15) is 0 Å². The Kier molecular flexibility index (Phi) is 5.33. The van der Waals surface area contributed by atoms with Crippen molar-refractivity contribution in [3.8, 4) is 0 Å². The van der Waals surface area contributed by atoms with Crippen molar-refractivity contribution in [1.82, 2.24) is 10.3 Å². The second-order valence-electron chi connectivity index (χ2n) is 6.95. The average molecular weight is 307 g/mol. The van der Waals surface area contributed by atoms with Crippen LogP contribution in [0.25, 0.3) is 0 Å². The summed E-state index contributed by atoms with van der Waals surface area (Å²) in [5, 5.41) is 5.12. The molecule has 1 N–H and O–H groups in total. The fourth-order valence-corrected chi connectivity index (χ4v) is 4.72. The van der Waals surface area contributed by atoms with Crippen LogP contribution in [0.5, 0.6) is 0 Å². The van der Waals surface area contributed by atoms with Gasteiger partial charge in [-0.1, -0.05) is 26.7 Å². The van der Waals surface area contributed by atoms with Gasteiger partial charge in [0.15, 0.2) is 0 Å². The Morgan fingerprint density at radius 2 is 1.86 bits per heavy atom. The highest BCUT2D eigenvalue weighted by Gasteiger charge is 2.26. The Morgan fingerprint density at radius 1 is 1.10 bits per heavy atom. The molecule has 2 saturated carbocycles. The summed E-state index contributed by atoms with van der Waals surface area (Å²) in [6.07, 6.45) is 12.0. The molecule has 0 amide bonds. The molecular formula is C18H30N2S.